The molecule has 1 aromatic rings. The predicted octanol–water partition coefficient (Wildman–Crippen LogP) is 3.83. The average Bonchev–Trinajstić information content (AvgIpc) is 2.41. The van der Waals surface area contributed by atoms with E-state index in [1.807, 2.05) is 29.2 Å². The van der Waals surface area contributed by atoms with Crippen LogP contribution >= 0.6 is 23.4 Å². The molecule has 0 N–H and O–H groups in total. The maximum absolute atomic E-state index is 12.1. The van der Waals surface area contributed by atoms with E-state index >= 15 is 0 Å². The minimum Gasteiger partial charge on any atom is -0.342 e. The van der Waals surface area contributed by atoms with Crippen LogP contribution in [0, 0.1) is 5.92 Å². The van der Waals surface area contributed by atoms with Gasteiger partial charge in [0.15, 0.2) is 0 Å². The number of carbonyl (C=O) groups excluding carboxylic acids is 1. The van der Waals surface area contributed by atoms with Crippen molar-refractivity contribution in [1.29, 1.82) is 0 Å². The second-order valence-electron chi connectivity index (χ2n) is 5.21. The first kappa shape index (κ1) is 14.7. The second-order valence-corrected chi connectivity index (χ2v) is 6.63. The lowest BCUT2D eigenvalue weighted by molar-refractivity contribution is -0.130. The van der Waals surface area contributed by atoms with Gasteiger partial charge in [-0.15, -0.1) is 11.8 Å². The second kappa shape index (κ2) is 7.20. The quantitative estimate of drug-likeness (QED) is 0.842. The Hall–Kier alpha value is -0.670. The summed E-state index contributed by atoms with van der Waals surface area (Å²) in [7, 11) is 0. The summed E-state index contributed by atoms with van der Waals surface area (Å²) in [5.74, 6) is 2.38. The number of thioether (sulfide) groups is 1. The third-order valence-electron chi connectivity index (χ3n) is 3.42. The zero-order valence-electron chi connectivity index (χ0n) is 11.3. The van der Waals surface area contributed by atoms with Gasteiger partial charge in [0.2, 0.25) is 5.91 Å². The molecule has 0 aliphatic carbocycles. The number of carbonyl (C=O) groups is 1. The molecule has 4 heteroatoms. The number of likely N-dealkylation sites (tertiary alicyclic amines) is 1. The smallest absolute Gasteiger partial charge is 0.232 e. The summed E-state index contributed by atoms with van der Waals surface area (Å²) in [6, 6.07) is 7.82. The van der Waals surface area contributed by atoms with Crippen molar-refractivity contribution in [3.05, 3.63) is 34.9 Å². The molecule has 1 aliphatic rings. The summed E-state index contributed by atoms with van der Waals surface area (Å²) in [6.45, 7) is 4.09. The Labute approximate surface area is 124 Å². The standard InChI is InChI=1S/C15H20ClNOS/c1-12-3-2-8-17(9-12)15(18)11-19-10-13-4-6-14(16)7-5-13/h4-7,12H,2-3,8-11H2,1H3/t12-/m1/s1. The minimum atomic E-state index is 0.283. The van der Waals surface area contributed by atoms with E-state index in [4.69, 9.17) is 11.6 Å². The number of piperidine rings is 1. The molecule has 0 bridgehead atoms. The van der Waals surface area contributed by atoms with Crippen molar-refractivity contribution >= 4 is 29.3 Å². The van der Waals surface area contributed by atoms with E-state index in [0.717, 1.165) is 30.3 Å². The minimum absolute atomic E-state index is 0.283. The van der Waals surface area contributed by atoms with E-state index in [0.29, 0.717) is 11.7 Å². The number of halogens is 1. The highest BCUT2D eigenvalue weighted by molar-refractivity contribution is 7.99. The van der Waals surface area contributed by atoms with Crippen molar-refractivity contribution in [2.45, 2.75) is 25.5 Å². The highest BCUT2D eigenvalue weighted by Gasteiger charge is 2.20. The van der Waals surface area contributed by atoms with Crippen LogP contribution in [0.3, 0.4) is 0 Å². The first-order chi connectivity index (χ1) is 9.15. The molecule has 104 valence electrons. The van der Waals surface area contributed by atoms with Gasteiger partial charge in [-0.2, -0.15) is 0 Å². The van der Waals surface area contributed by atoms with Crippen molar-refractivity contribution in [3.8, 4) is 0 Å². The fourth-order valence-corrected chi connectivity index (χ4v) is 3.36. The molecule has 0 aromatic heterocycles. The van der Waals surface area contributed by atoms with Gasteiger partial charge in [0.25, 0.3) is 0 Å². The van der Waals surface area contributed by atoms with Crippen molar-refractivity contribution in [3.63, 3.8) is 0 Å². The lowest BCUT2D eigenvalue weighted by Crippen LogP contribution is -2.40. The maximum atomic E-state index is 12.1. The van der Waals surface area contributed by atoms with E-state index in [2.05, 4.69) is 6.92 Å². The zero-order chi connectivity index (χ0) is 13.7. The van der Waals surface area contributed by atoms with Crippen LogP contribution in [-0.4, -0.2) is 29.6 Å². The molecular weight excluding hydrogens is 278 g/mol. The Morgan fingerprint density at radius 2 is 2.16 bits per heavy atom. The fourth-order valence-electron chi connectivity index (χ4n) is 2.34. The first-order valence-corrected chi connectivity index (χ1v) is 8.28. The van der Waals surface area contributed by atoms with Crippen LogP contribution in [0.5, 0.6) is 0 Å². The largest absolute Gasteiger partial charge is 0.342 e. The normalized spacial score (nSPS) is 19.5. The third-order valence-corrected chi connectivity index (χ3v) is 4.66. The van der Waals surface area contributed by atoms with Gasteiger partial charge in [-0.25, -0.2) is 0 Å². The molecular formula is C15H20ClNOS. The number of hydrogen-bond acceptors (Lipinski definition) is 2. The van der Waals surface area contributed by atoms with Crippen molar-refractivity contribution in [2.24, 2.45) is 5.92 Å². The number of nitrogens with zero attached hydrogens (tertiary/aromatic N) is 1. The SMILES string of the molecule is C[C@@H]1CCCN(C(=O)CSCc2ccc(Cl)cc2)C1. The summed E-state index contributed by atoms with van der Waals surface area (Å²) in [6.07, 6.45) is 2.40. The molecule has 1 aliphatic heterocycles. The van der Waals surface area contributed by atoms with Gasteiger partial charge in [-0.3, -0.25) is 4.79 Å². The molecule has 2 nitrogen and oxygen atoms in total. The summed E-state index contributed by atoms with van der Waals surface area (Å²) >= 11 is 7.52. The van der Waals surface area contributed by atoms with Gasteiger partial charge < -0.3 is 4.90 Å². The monoisotopic (exact) mass is 297 g/mol. The van der Waals surface area contributed by atoms with Crippen LogP contribution in [-0.2, 0) is 10.5 Å². The fraction of sp³-hybridized carbons (Fsp3) is 0.533. The number of amides is 1. The molecule has 1 amide bonds. The summed E-state index contributed by atoms with van der Waals surface area (Å²) in [5, 5.41) is 0.757. The number of rotatable bonds is 4. The molecule has 0 radical (unpaired) electrons. The van der Waals surface area contributed by atoms with Crippen molar-refractivity contribution in [2.75, 3.05) is 18.8 Å². The van der Waals surface area contributed by atoms with E-state index in [-0.39, 0.29) is 5.91 Å². The topological polar surface area (TPSA) is 20.3 Å². The van der Waals surface area contributed by atoms with Crippen LogP contribution in [0.1, 0.15) is 25.3 Å². The molecule has 2 rings (SSSR count). The predicted molar refractivity (Wildman–Crippen MR) is 82.6 cm³/mol. The molecule has 0 unspecified atom stereocenters. The third kappa shape index (κ3) is 4.73. The van der Waals surface area contributed by atoms with E-state index in [1.54, 1.807) is 11.8 Å². The Morgan fingerprint density at radius 3 is 2.84 bits per heavy atom. The average molecular weight is 298 g/mol. The van der Waals surface area contributed by atoms with E-state index in [1.165, 1.54) is 12.0 Å². The molecule has 1 aromatic carbocycles. The van der Waals surface area contributed by atoms with Gasteiger partial charge in [-0.05, 0) is 36.5 Å². The van der Waals surface area contributed by atoms with Crippen LogP contribution in [0.2, 0.25) is 5.02 Å². The summed E-state index contributed by atoms with van der Waals surface area (Å²) in [5.41, 5.74) is 1.22. The lowest BCUT2D eigenvalue weighted by atomic mass is 10.0. The Kier molecular flexibility index (Phi) is 5.59. The van der Waals surface area contributed by atoms with Crippen molar-refractivity contribution in [1.82, 2.24) is 4.90 Å². The number of benzene rings is 1. The van der Waals surface area contributed by atoms with Gasteiger partial charge >= 0.3 is 0 Å². The summed E-state index contributed by atoms with van der Waals surface area (Å²) in [4.78, 5) is 14.1. The Balaban J connectivity index is 1.73. The van der Waals surface area contributed by atoms with E-state index in [9.17, 15) is 4.79 Å². The molecule has 1 saturated heterocycles. The van der Waals surface area contributed by atoms with Gasteiger partial charge in [0.05, 0.1) is 5.75 Å². The molecule has 19 heavy (non-hydrogen) atoms. The van der Waals surface area contributed by atoms with Gasteiger partial charge in [0.1, 0.15) is 0 Å². The highest BCUT2D eigenvalue weighted by atomic mass is 35.5. The van der Waals surface area contributed by atoms with E-state index < -0.39 is 0 Å². The van der Waals surface area contributed by atoms with Gasteiger partial charge in [0, 0.05) is 23.9 Å². The zero-order valence-corrected chi connectivity index (χ0v) is 12.8. The highest BCUT2D eigenvalue weighted by Crippen LogP contribution is 2.19. The van der Waals surface area contributed by atoms with Crippen LogP contribution in [0.4, 0.5) is 0 Å². The Morgan fingerprint density at radius 1 is 1.42 bits per heavy atom. The summed E-state index contributed by atoms with van der Waals surface area (Å²) < 4.78 is 0. The van der Waals surface area contributed by atoms with Crippen molar-refractivity contribution < 1.29 is 4.79 Å². The van der Waals surface area contributed by atoms with Crippen LogP contribution in [0.15, 0.2) is 24.3 Å². The molecule has 1 heterocycles. The van der Waals surface area contributed by atoms with Crippen LogP contribution in [0.25, 0.3) is 0 Å². The van der Waals surface area contributed by atoms with Crippen LogP contribution < -0.4 is 0 Å². The molecule has 0 saturated carbocycles. The number of hydrogen-bond donors (Lipinski definition) is 0. The van der Waals surface area contributed by atoms with Gasteiger partial charge in [-0.1, -0.05) is 30.7 Å². The molecule has 0 spiro atoms. The lowest BCUT2D eigenvalue weighted by Gasteiger charge is -2.30. The molecule has 1 fully saturated rings. The maximum Gasteiger partial charge on any atom is 0.232 e. The first-order valence-electron chi connectivity index (χ1n) is 6.75. The molecule has 1 atom stereocenters. The Bertz CT molecular complexity index is 421.